The van der Waals surface area contributed by atoms with Gasteiger partial charge in [0.05, 0.1) is 14.2 Å². The number of rotatable bonds is 12. The van der Waals surface area contributed by atoms with E-state index in [1.54, 1.807) is 14.2 Å². The molecular weight excluding hydrogens is 244 g/mol. The first-order valence-corrected chi connectivity index (χ1v) is 7.31. The number of nitrogens with zero attached hydrogens (tertiary/aromatic N) is 1. The second-order valence-electron chi connectivity index (χ2n) is 4.97. The molecule has 0 atom stereocenters. The lowest BCUT2D eigenvalue weighted by atomic mass is 10.1. The van der Waals surface area contributed by atoms with Crippen LogP contribution in [0.3, 0.4) is 0 Å². The average Bonchev–Trinajstić information content (AvgIpc) is 2.43. The summed E-state index contributed by atoms with van der Waals surface area (Å²) in [6.07, 6.45) is 7.37. The third kappa shape index (κ3) is 9.87. The number of carbonyl (C=O) groups is 1. The highest BCUT2D eigenvalue weighted by Crippen LogP contribution is 2.05. The molecule has 0 heterocycles. The number of unbranched alkanes of at least 4 members (excludes halogenated alkanes) is 4. The summed E-state index contributed by atoms with van der Waals surface area (Å²) < 4.78 is 0. The summed E-state index contributed by atoms with van der Waals surface area (Å²) in [5.41, 5.74) is 0. The zero-order valence-corrected chi connectivity index (χ0v) is 13.0. The van der Waals surface area contributed by atoms with Crippen molar-refractivity contribution >= 4 is 5.91 Å². The van der Waals surface area contributed by atoms with Crippen molar-refractivity contribution in [3.8, 4) is 0 Å². The van der Waals surface area contributed by atoms with Crippen LogP contribution in [0.2, 0.25) is 0 Å². The van der Waals surface area contributed by atoms with Crippen molar-refractivity contribution in [3.05, 3.63) is 0 Å². The third-order valence-electron chi connectivity index (χ3n) is 3.34. The standard InChI is InChI=1S/C14H30N2O3/c1-5-6-7-8-9-11-14(17)15-12-10-13-16(2,18-3)19-4/h5-13H2,1-4H3/p+1. The maximum Gasteiger partial charge on any atom is 0.219 e. The second kappa shape index (κ2) is 11.2. The fourth-order valence-electron chi connectivity index (χ4n) is 1.83. The summed E-state index contributed by atoms with van der Waals surface area (Å²) in [6, 6.07) is 0. The van der Waals surface area contributed by atoms with Gasteiger partial charge in [-0.2, -0.15) is 9.68 Å². The molecular formula is C14H31N2O3+. The van der Waals surface area contributed by atoms with Gasteiger partial charge >= 0.3 is 0 Å². The fourth-order valence-corrected chi connectivity index (χ4v) is 1.83. The summed E-state index contributed by atoms with van der Waals surface area (Å²) in [5, 5.41) is 2.93. The molecule has 5 nitrogen and oxygen atoms in total. The first-order valence-electron chi connectivity index (χ1n) is 7.31. The van der Waals surface area contributed by atoms with Crippen LogP contribution in [0.1, 0.15) is 51.9 Å². The molecule has 0 aromatic carbocycles. The Morgan fingerprint density at radius 1 is 1.05 bits per heavy atom. The van der Waals surface area contributed by atoms with Gasteiger partial charge in [-0.1, -0.05) is 32.6 Å². The van der Waals surface area contributed by atoms with E-state index in [0.29, 0.717) is 19.5 Å². The Morgan fingerprint density at radius 2 is 1.68 bits per heavy atom. The van der Waals surface area contributed by atoms with Crippen LogP contribution >= 0.6 is 0 Å². The van der Waals surface area contributed by atoms with Crippen LogP contribution in [0.5, 0.6) is 0 Å². The largest absolute Gasteiger partial charge is 0.356 e. The molecule has 114 valence electrons. The second-order valence-corrected chi connectivity index (χ2v) is 4.97. The quantitative estimate of drug-likeness (QED) is 0.338. The predicted molar refractivity (Wildman–Crippen MR) is 76.1 cm³/mol. The van der Waals surface area contributed by atoms with Crippen LogP contribution in [-0.2, 0) is 14.5 Å². The lowest BCUT2D eigenvalue weighted by molar-refractivity contribution is -1.23. The number of hydrogen-bond donors (Lipinski definition) is 1. The zero-order chi connectivity index (χ0) is 14.6. The molecule has 0 aromatic rings. The smallest absolute Gasteiger partial charge is 0.219 e. The van der Waals surface area contributed by atoms with Gasteiger partial charge in [0.25, 0.3) is 0 Å². The normalized spacial score (nSPS) is 11.6. The van der Waals surface area contributed by atoms with Crippen LogP contribution in [0.15, 0.2) is 0 Å². The molecule has 0 saturated carbocycles. The molecule has 0 aliphatic carbocycles. The first-order chi connectivity index (χ1) is 9.08. The van der Waals surface area contributed by atoms with E-state index < -0.39 is 0 Å². The van der Waals surface area contributed by atoms with E-state index in [0.717, 1.165) is 19.3 Å². The summed E-state index contributed by atoms with van der Waals surface area (Å²) in [7, 11) is 5.06. The highest BCUT2D eigenvalue weighted by atomic mass is 17.0. The first kappa shape index (κ1) is 18.4. The average molecular weight is 275 g/mol. The van der Waals surface area contributed by atoms with E-state index >= 15 is 0 Å². The molecule has 1 N–H and O–H groups in total. The van der Waals surface area contributed by atoms with Crippen LogP contribution in [0.4, 0.5) is 0 Å². The molecule has 0 unspecified atom stereocenters. The van der Waals surface area contributed by atoms with Gasteiger partial charge in [0, 0.05) is 19.4 Å². The van der Waals surface area contributed by atoms with Gasteiger partial charge in [-0.3, -0.25) is 4.79 Å². The van der Waals surface area contributed by atoms with E-state index in [-0.39, 0.29) is 10.7 Å². The molecule has 19 heavy (non-hydrogen) atoms. The maximum atomic E-state index is 11.6. The maximum absolute atomic E-state index is 11.6. The Labute approximate surface area is 117 Å². The van der Waals surface area contributed by atoms with Crippen LogP contribution in [-0.4, -0.2) is 45.1 Å². The van der Waals surface area contributed by atoms with Crippen molar-refractivity contribution in [2.24, 2.45) is 0 Å². The molecule has 0 radical (unpaired) electrons. The van der Waals surface area contributed by atoms with Gasteiger partial charge in [-0.25, -0.2) is 0 Å². The number of hydrogen-bond acceptors (Lipinski definition) is 3. The lowest BCUT2D eigenvalue weighted by Crippen LogP contribution is -2.43. The number of carbonyl (C=O) groups excluding carboxylic acids is 1. The highest BCUT2D eigenvalue weighted by molar-refractivity contribution is 5.75. The molecule has 0 fully saturated rings. The lowest BCUT2D eigenvalue weighted by Gasteiger charge is -2.25. The molecule has 0 aliphatic rings. The Morgan fingerprint density at radius 3 is 2.26 bits per heavy atom. The zero-order valence-electron chi connectivity index (χ0n) is 13.0. The van der Waals surface area contributed by atoms with Gasteiger partial charge in [0.15, 0.2) is 0 Å². The van der Waals surface area contributed by atoms with Crippen molar-refractivity contribution < 1.29 is 19.3 Å². The van der Waals surface area contributed by atoms with Gasteiger partial charge in [-0.15, -0.1) is 0 Å². The Kier molecular flexibility index (Phi) is 10.8. The molecule has 0 saturated heterocycles. The van der Waals surface area contributed by atoms with Gasteiger partial charge < -0.3 is 5.32 Å². The highest BCUT2D eigenvalue weighted by Gasteiger charge is 2.21. The van der Waals surface area contributed by atoms with E-state index in [1.807, 2.05) is 7.05 Å². The predicted octanol–water partition coefficient (Wildman–Crippen LogP) is 2.42. The molecule has 0 aliphatic heterocycles. The minimum Gasteiger partial charge on any atom is -0.356 e. The summed E-state index contributed by atoms with van der Waals surface area (Å²) in [6.45, 7) is 3.58. The van der Waals surface area contributed by atoms with Gasteiger partial charge in [-0.05, 0) is 11.2 Å². The van der Waals surface area contributed by atoms with Crippen LogP contribution in [0.25, 0.3) is 0 Å². The number of amides is 1. The summed E-state index contributed by atoms with van der Waals surface area (Å²) >= 11 is 0. The van der Waals surface area contributed by atoms with Crippen molar-refractivity contribution in [3.63, 3.8) is 0 Å². The van der Waals surface area contributed by atoms with Crippen LogP contribution in [0, 0.1) is 0 Å². The summed E-state index contributed by atoms with van der Waals surface area (Å²) in [5.74, 6) is 0.153. The van der Waals surface area contributed by atoms with Crippen molar-refractivity contribution in [2.45, 2.75) is 51.9 Å². The Bertz CT molecular complexity index is 231. The van der Waals surface area contributed by atoms with Gasteiger partial charge in [0.2, 0.25) is 5.91 Å². The molecule has 0 spiro atoms. The van der Waals surface area contributed by atoms with E-state index in [9.17, 15) is 4.79 Å². The van der Waals surface area contributed by atoms with Crippen molar-refractivity contribution in [1.82, 2.24) is 5.32 Å². The molecule has 0 rings (SSSR count). The number of nitrogens with one attached hydrogen (secondary N) is 1. The van der Waals surface area contributed by atoms with Crippen molar-refractivity contribution in [2.75, 3.05) is 34.4 Å². The topological polar surface area (TPSA) is 47.6 Å². The molecule has 0 aromatic heterocycles. The SMILES string of the molecule is CCCCCCCC(=O)NCCC[N+](C)(OC)OC. The number of quaternary nitrogens is 1. The number of hydroxylamine groups is 4. The van der Waals surface area contributed by atoms with Gasteiger partial charge in [0.1, 0.15) is 13.6 Å². The van der Waals surface area contributed by atoms with Crippen LogP contribution < -0.4 is 5.32 Å². The Hall–Kier alpha value is -0.650. The molecule has 5 heteroatoms. The van der Waals surface area contributed by atoms with E-state index in [2.05, 4.69) is 12.2 Å². The monoisotopic (exact) mass is 275 g/mol. The molecule has 1 amide bonds. The fraction of sp³-hybridized carbons (Fsp3) is 0.929. The van der Waals surface area contributed by atoms with E-state index in [1.165, 1.54) is 19.3 Å². The minimum absolute atomic E-state index is 0.104. The van der Waals surface area contributed by atoms with E-state index in [4.69, 9.17) is 9.68 Å². The Balaban J connectivity index is 3.48. The minimum atomic E-state index is 0.104. The third-order valence-corrected chi connectivity index (χ3v) is 3.34. The van der Waals surface area contributed by atoms with Crippen molar-refractivity contribution in [1.29, 1.82) is 0 Å². The molecule has 0 bridgehead atoms. The summed E-state index contributed by atoms with van der Waals surface area (Å²) in [4.78, 5) is 22.1.